The van der Waals surface area contributed by atoms with E-state index in [4.69, 9.17) is 9.47 Å². The molecule has 0 radical (unpaired) electrons. The maximum absolute atomic E-state index is 12.3. The molecule has 7 nitrogen and oxygen atoms in total. The van der Waals surface area contributed by atoms with Crippen molar-refractivity contribution in [1.29, 1.82) is 0 Å². The molecule has 0 saturated heterocycles. The minimum atomic E-state index is -0.562. The van der Waals surface area contributed by atoms with Crippen LogP contribution in [0.15, 0.2) is 42.5 Å². The van der Waals surface area contributed by atoms with Crippen molar-refractivity contribution in [3.8, 4) is 11.5 Å². The number of carbonyl (C=O) groups excluding carboxylic acids is 1. The zero-order valence-corrected chi connectivity index (χ0v) is 13.4. The summed E-state index contributed by atoms with van der Waals surface area (Å²) in [6.45, 7) is 2.56. The SMILES string of the molecule is CCCOc1cccc(C(=O)Nc2ccc(OC)c([N+](=O)[O-])c2)c1. The van der Waals surface area contributed by atoms with Gasteiger partial charge in [0, 0.05) is 17.3 Å². The van der Waals surface area contributed by atoms with Crippen molar-refractivity contribution in [2.24, 2.45) is 0 Å². The third-order valence-electron chi connectivity index (χ3n) is 3.20. The van der Waals surface area contributed by atoms with E-state index in [-0.39, 0.29) is 17.3 Å². The molecule has 2 aromatic rings. The van der Waals surface area contributed by atoms with Crippen molar-refractivity contribution in [1.82, 2.24) is 0 Å². The summed E-state index contributed by atoms with van der Waals surface area (Å²) in [5.74, 6) is 0.356. The van der Waals surface area contributed by atoms with Crippen LogP contribution in [-0.2, 0) is 0 Å². The predicted octanol–water partition coefficient (Wildman–Crippen LogP) is 3.64. The van der Waals surface area contributed by atoms with Crippen LogP contribution in [0.25, 0.3) is 0 Å². The van der Waals surface area contributed by atoms with Crippen molar-refractivity contribution < 1.29 is 19.2 Å². The highest BCUT2D eigenvalue weighted by atomic mass is 16.6. The maximum Gasteiger partial charge on any atom is 0.312 e. The molecule has 0 aromatic heterocycles. The zero-order chi connectivity index (χ0) is 17.5. The second-order valence-electron chi connectivity index (χ2n) is 4.97. The molecule has 1 amide bonds. The topological polar surface area (TPSA) is 90.7 Å². The smallest absolute Gasteiger partial charge is 0.312 e. The number of methoxy groups -OCH3 is 1. The standard InChI is InChI=1S/C17H18N2O5/c1-3-9-24-14-6-4-5-12(10-14)17(20)18-13-7-8-16(23-2)15(11-13)19(21)22/h4-8,10-11H,3,9H2,1-2H3,(H,18,20). The fourth-order valence-electron chi connectivity index (χ4n) is 2.06. The highest BCUT2D eigenvalue weighted by Gasteiger charge is 2.16. The molecule has 126 valence electrons. The monoisotopic (exact) mass is 330 g/mol. The van der Waals surface area contributed by atoms with Gasteiger partial charge in [-0.25, -0.2) is 0 Å². The first-order chi connectivity index (χ1) is 11.5. The quantitative estimate of drug-likeness (QED) is 0.618. The third kappa shape index (κ3) is 4.22. The van der Waals surface area contributed by atoms with Crippen LogP contribution in [-0.4, -0.2) is 24.5 Å². The number of anilines is 1. The van der Waals surface area contributed by atoms with Crippen LogP contribution in [0.5, 0.6) is 11.5 Å². The van der Waals surface area contributed by atoms with Crippen LogP contribution < -0.4 is 14.8 Å². The summed E-state index contributed by atoms with van der Waals surface area (Å²) < 4.78 is 10.4. The molecule has 0 bridgehead atoms. The van der Waals surface area contributed by atoms with Crippen molar-refractivity contribution in [3.63, 3.8) is 0 Å². The summed E-state index contributed by atoms with van der Waals surface area (Å²) in [4.78, 5) is 22.8. The van der Waals surface area contributed by atoms with E-state index in [2.05, 4.69) is 5.32 Å². The molecule has 0 heterocycles. The lowest BCUT2D eigenvalue weighted by molar-refractivity contribution is -0.385. The molecule has 2 aromatic carbocycles. The molecule has 1 N–H and O–H groups in total. The van der Waals surface area contributed by atoms with Crippen LogP contribution in [0.4, 0.5) is 11.4 Å². The molecule has 2 rings (SSSR count). The van der Waals surface area contributed by atoms with Crippen LogP contribution in [0.1, 0.15) is 23.7 Å². The Labute approximate surface area is 139 Å². The van der Waals surface area contributed by atoms with E-state index in [0.717, 1.165) is 6.42 Å². The zero-order valence-electron chi connectivity index (χ0n) is 13.4. The van der Waals surface area contributed by atoms with Crippen molar-refractivity contribution in [2.75, 3.05) is 19.0 Å². The lowest BCUT2D eigenvalue weighted by Gasteiger charge is -2.09. The van der Waals surface area contributed by atoms with E-state index in [1.165, 1.54) is 19.2 Å². The number of benzene rings is 2. The fraction of sp³-hybridized carbons (Fsp3) is 0.235. The molecule has 0 saturated carbocycles. The fourth-order valence-corrected chi connectivity index (χ4v) is 2.06. The first kappa shape index (κ1) is 17.3. The number of ether oxygens (including phenoxy) is 2. The van der Waals surface area contributed by atoms with Crippen LogP contribution >= 0.6 is 0 Å². The molecule has 0 aliphatic heterocycles. The molecular weight excluding hydrogens is 312 g/mol. The summed E-state index contributed by atoms with van der Waals surface area (Å²) in [5, 5.41) is 13.7. The molecule has 0 spiro atoms. The van der Waals surface area contributed by atoms with Gasteiger partial charge in [0.2, 0.25) is 0 Å². The number of nitro groups is 1. The molecule has 0 aliphatic carbocycles. The number of carbonyl (C=O) groups is 1. The molecule has 7 heteroatoms. The number of rotatable bonds is 7. The number of nitrogens with zero attached hydrogens (tertiary/aromatic N) is 1. The van der Waals surface area contributed by atoms with Gasteiger partial charge in [-0.05, 0) is 36.8 Å². The summed E-state index contributed by atoms with van der Waals surface area (Å²) in [6, 6.07) is 11.0. The Balaban J connectivity index is 2.17. The molecular formula is C17H18N2O5. The third-order valence-corrected chi connectivity index (χ3v) is 3.20. The van der Waals surface area contributed by atoms with E-state index in [1.807, 2.05) is 6.92 Å². The van der Waals surface area contributed by atoms with Gasteiger partial charge in [-0.2, -0.15) is 0 Å². The Morgan fingerprint density at radius 2 is 2.04 bits per heavy atom. The highest BCUT2D eigenvalue weighted by molar-refractivity contribution is 6.04. The predicted molar refractivity (Wildman–Crippen MR) is 89.8 cm³/mol. The second-order valence-corrected chi connectivity index (χ2v) is 4.97. The van der Waals surface area contributed by atoms with Gasteiger partial charge in [-0.3, -0.25) is 14.9 Å². The van der Waals surface area contributed by atoms with Gasteiger partial charge in [0.05, 0.1) is 18.6 Å². The Morgan fingerprint density at radius 1 is 1.25 bits per heavy atom. The normalized spacial score (nSPS) is 10.1. The second kappa shape index (κ2) is 7.96. The van der Waals surface area contributed by atoms with Crippen molar-refractivity contribution in [2.45, 2.75) is 13.3 Å². The number of nitrogens with one attached hydrogen (secondary N) is 1. The lowest BCUT2D eigenvalue weighted by Crippen LogP contribution is -2.12. The summed E-state index contributed by atoms with van der Waals surface area (Å²) in [7, 11) is 1.35. The Hall–Kier alpha value is -3.09. The molecule has 0 atom stereocenters. The molecule has 0 aliphatic rings. The highest BCUT2D eigenvalue weighted by Crippen LogP contribution is 2.29. The Bertz CT molecular complexity index is 746. The van der Waals surface area contributed by atoms with Crippen molar-refractivity contribution >= 4 is 17.3 Å². The number of amides is 1. The van der Waals surface area contributed by atoms with Gasteiger partial charge in [-0.1, -0.05) is 13.0 Å². The first-order valence-electron chi connectivity index (χ1n) is 7.41. The van der Waals surface area contributed by atoms with Crippen molar-refractivity contribution in [3.05, 3.63) is 58.1 Å². The Morgan fingerprint density at radius 3 is 2.71 bits per heavy atom. The number of hydrogen-bond acceptors (Lipinski definition) is 5. The maximum atomic E-state index is 12.3. The van der Waals surface area contributed by atoms with E-state index in [1.54, 1.807) is 30.3 Å². The number of hydrogen-bond donors (Lipinski definition) is 1. The van der Waals surface area contributed by atoms with E-state index >= 15 is 0 Å². The number of nitro benzene ring substituents is 1. The average molecular weight is 330 g/mol. The molecule has 0 fully saturated rings. The lowest BCUT2D eigenvalue weighted by atomic mass is 10.2. The van der Waals surface area contributed by atoms with Gasteiger partial charge in [0.15, 0.2) is 5.75 Å². The van der Waals surface area contributed by atoms with E-state index < -0.39 is 4.92 Å². The van der Waals surface area contributed by atoms with E-state index in [0.29, 0.717) is 23.6 Å². The minimum Gasteiger partial charge on any atom is -0.494 e. The van der Waals surface area contributed by atoms with Crippen LogP contribution in [0.2, 0.25) is 0 Å². The van der Waals surface area contributed by atoms with Gasteiger partial charge < -0.3 is 14.8 Å². The molecule has 0 unspecified atom stereocenters. The summed E-state index contributed by atoms with van der Waals surface area (Å²) in [6.07, 6.45) is 0.867. The van der Waals surface area contributed by atoms with Crippen LogP contribution in [0, 0.1) is 10.1 Å². The van der Waals surface area contributed by atoms with Crippen LogP contribution in [0.3, 0.4) is 0 Å². The van der Waals surface area contributed by atoms with Gasteiger partial charge in [-0.15, -0.1) is 0 Å². The van der Waals surface area contributed by atoms with Gasteiger partial charge >= 0.3 is 5.69 Å². The molecule has 24 heavy (non-hydrogen) atoms. The summed E-state index contributed by atoms with van der Waals surface area (Å²) >= 11 is 0. The largest absolute Gasteiger partial charge is 0.494 e. The minimum absolute atomic E-state index is 0.132. The Kier molecular flexibility index (Phi) is 5.73. The summed E-state index contributed by atoms with van der Waals surface area (Å²) in [5.41, 5.74) is 0.504. The van der Waals surface area contributed by atoms with E-state index in [9.17, 15) is 14.9 Å². The first-order valence-corrected chi connectivity index (χ1v) is 7.41. The van der Waals surface area contributed by atoms with Gasteiger partial charge in [0.1, 0.15) is 5.75 Å². The average Bonchev–Trinajstić information content (AvgIpc) is 2.60. The van der Waals surface area contributed by atoms with Gasteiger partial charge in [0.25, 0.3) is 5.91 Å².